The van der Waals surface area contributed by atoms with E-state index in [0.717, 1.165) is 25.8 Å². The van der Waals surface area contributed by atoms with Crippen molar-refractivity contribution in [2.75, 3.05) is 19.6 Å². The van der Waals surface area contributed by atoms with E-state index in [4.69, 9.17) is 5.73 Å². The van der Waals surface area contributed by atoms with E-state index in [1.54, 1.807) is 0 Å². The summed E-state index contributed by atoms with van der Waals surface area (Å²) in [7, 11) is 0. The third-order valence-electron chi connectivity index (χ3n) is 6.31. The predicted molar refractivity (Wildman–Crippen MR) is 78.0 cm³/mol. The molecule has 2 saturated heterocycles. The summed E-state index contributed by atoms with van der Waals surface area (Å²) >= 11 is 0. The first-order valence-corrected chi connectivity index (χ1v) is 8.38. The molecule has 0 aromatic heterocycles. The maximum atomic E-state index is 11.5. The van der Waals surface area contributed by atoms with Gasteiger partial charge in [-0.25, -0.2) is 0 Å². The number of hydrogen-bond acceptors (Lipinski definition) is 3. The van der Waals surface area contributed by atoms with Gasteiger partial charge in [0.25, 0.3) is 0 Å². The molecule has 2 atom stereocenters. The van der Waals surface area contributed by atoms with Crippen LogP contribution in [-0.4, -0.2) is 41.3 Å². The Hall–Kier alpha value is -0.120. The van der Waals surface area contributed by atoms with Crippen molar-refractivity contribution in [2.24, 2.45) is 11.1 Å². The number of nitrogens with two attached hydrogens (primary N) is 1. The monoisotopic (exact) mass is 266 g/mol. The van der Waals surface area contributed by atoms with Crippen LogP contribution in [0, 0.1) is 5.41 Å². The van der Waals surface area contributed by atoms with Gasteiger partial charge in [-0.15, -0.1) is 0 Å². The molecule has 1 aliphatic carbocycles. The van der Waals surface area contributed by atoms with Crippen molar-refractivity contribution >= 4 is 0 Å². The van der Waals surface area contributed by atoms with Crippen LogP contribution in [0.1, 0.15) is 64.2 Å². The van der Waals surface area contributed by atoms with Gasteiger partial charge in [0.05, 0.1) is 5.60 Å². The smallest absolute Gasteiger partial charge is 0.0882 e. The summed E-state index contributed by atoms with van der Waals surface area (Å²) in [5, 5.41) is 11.5. The SMILES string of the molecule is NCC1(C2(O)CCN3CCCC32)CCCCCCC1. The number of aliphatic hydroxyl groups is 1. The molecule has 2 unspecified atom stereocenters. The van der Waals surface area contributed by atoms with Crippen molar-refractivity contribution in [3.8, 4) is 0 Å². The van der Waals surface area contributed by atoms with E-state index in [-0.39, 0.29) is 5.41 Å². The third-order valence-corrected chi connectivity index (χ3v) is 6.31. The lowest BCUT2D eigenvalue weighted by molar-refractivity contribution is -0.109. The highest BCUT2D eigenvalue weighted by molar-refractivity contribution is 5.12. The molecule has 0 spiro atoms. The Labute approximate surface area is 117 Å². The molecule has 0 amide bonds. The molecule has 0 bridgehead atoms. The van der Waals surface area contributed by atoms with Gasteiger partial charge < -0.3 is 10.8 Å². The highest BCUT2D eigenvalue weighted by Crippen LogP contribution is 2.52. The zero-order valence-electron chi connectivity index (χ0n) is 12.2. The number of hydrogen-bond donors (Lipinski definition) is 2. The number of nitrogens with zero attached hydrogens (tertiary/aromatic N) is 1. The van der Waals surface area contributed by atoms with Crippen LogP contribution in [0.5, 0.6) is 0 Å². The van der Waals surface area contributed by atoms with E-state index in [1.807, 2.05) is 0 Å². The van der Waals surface area contributed by atoms with E-state index in [1.165, 1.54) is 51.5 Å². The molecular weight excluding hydrogens is 236 g/mol. The van der Waals surface area contributed by atoms with Crippen molar-refractivity contribution in [3.05, 3.63) is 0 Å². The maximum Gasteiger partial charge on any atom is 0.0882 e. The molecule has 3 heteroatoms. The van der Waals surface area contributed by atoms with E-state index >= 15 is 0 Å². The van der Waals surface area contributed by atoms with Gasteiger partial charge in [-0.2, -0.15) is 0 Å². The average molecular weight is 266 g/mol. The Morgan fingerprint density at radius 1 is 0.947 bits per heavy atom. The summed E-state index contributed by atoms with van der Waals surface area (Å²) in [6, 6.07) is 0.399. The number of rotatable bonds is 2. The van der Waals surface area contributed by atoms with Crippen LogP contribution in [0.25, 0.3) is 0 Å². The Kier molecular flexibility index (Phi) is 3.89. The minimum absolute atomic E-state index is 0.00280. The minimum Gasteiger partial charge on any atom is -0.388 e. The lowest BCUT2D eigenvalue weighted by Gasteiger charge is -2.49. The van der Waals surface area contributed by atoms with Crippen LogP contribution in [0.4, 0.5) is 0 Å². The van der Waals surface area contributed by atoms with Crippen molar-refractivity contribution in [1.82, 2.24) is 4.90 Å². The van der Waals surface area contributed by atoms with Crippen LogP contribution < -0.4 is 5.73 Å². The Morgan fingerprint density at radius 2 is 1.63 bits per heavy atom. The van der Waals surface area contributed by atoms with Crippen molar-refractivity contribution in [2.45, 2.75) is 75.9 Å². The minimum atomic E-state index is -0.504. The van der Waals surface area contributed by atoms with Gasteiger partial charge in [-0.1, -0.05) is 32.1 Å². The lowest BCUT2D eigenvalue weighted by Crippen LogP contribution is -2.58. The van der Waals surface area contributed by atoms with Crippen LogP contribution in [0.3, 0.4) is 0 Å². The molecule has 3 N–H and O–H groups in total. The van der Waals surface area contributed by atoms with E-state index in [2.05, 4.69) is 4.90 Å². The fourth-order valence-electron chi connectivity index (χ4n) is 5.13. The van der Waals surface area contributed by atoms with Crippen molar-refractivity contribution < 1.29 is 5.11 Å². The molecule has 110 valence electrons. The van der Waals surface area contributed by atoms with Gasteiger partial charge >= 0.3 is 0 Å². The lowest BCUT2D eigenvalue weighted by atomic mass is 9.61. The first kappa shape index (κ1) is 13.8. The standard InChI is InChI=1S/C16H30N2O/c17-13-15(8-4-2-1-3-5-9-15)16(19)10-12-18-11-6-7-14(16)18/h14,19H,1-13,17H2. The fourth-order valence-corrected chi connectivity index (χ4v) is 5.13. The highest BCUT2D eigenvalue weighted by atomic mass is 16.3. The molecule has 19 heavy (non-hydrogen) atoms. The molecule has 2 aliphatic heterocycles. The molecule has 2 heterocycles. The van der Waals surface area contributed by atoms with Gasteiger partial charge in [0.15, 0.2) is 0 Å². The highest BCUT2D eigenvalue weighted by Gasteiger charge is 2.58. The van der Waals surface area contributed by atoms with Crippen molar-refractivity contribution in [1.29, 1.82) is 0 Å². The number of fused-ring (bicyclic) bond motifs is 1. The predicted octanol–water partition coefficient (Wildman–Crippen LogP) is 2.27. The molecule has 3 fully saturated rings. The van der Waals surface area contributed by atoms with E-state index < -0.39 is 5.60 Å². The molecular formula is C16H30N2O. The summed E-state index contributed by atoms with van der Waals surface area (Å²) in [5.41, 5.74) is 5.72. The first-order valence-electron chi connectivity index (χ1n) is 8.38. The second kappa shape index (κ2) is 5.34. The Bertz CT molecular complexity index is 312. The Morgan fingerprint density at radius 3 is 2.32 bits per heavy atom. The van der Waals surface area contributed by atoms with E-state index in [9.17, 15) is 5.11 Å². The topological polar surface area (TPSA) is 49.5 Å². The van der Waals surface area contributed by atoms with Crippen LogP contribution >= 0.6 is 0 Å². The van der Waals surface area contributed by atoms with Gasteiger partial charge in [0.2, 0.25) is 0 Å². The van der Waals surface area contributed by atoms with Crippen LogP contribution in [-0.2, 0) is 0 Å². The summed E-state index contributed by atoms with van der Waals surface area (Å²) in [4.78, 5) is 2.52. The molecule has 0 aromatic rings. The van der Waals surface area contributed by atoms with Crippen LogP contribution in [0.15, 0.2) is 0 Å². The third kappa shape index (κ3) is 2.14. The summed E-state index contributed by atoms with van der Waals surface area (Å²) in [6.45, 7) is 2.95. The van der Waals surface area contributed by atoms with Gasteiger partial charge in [0, 0.05) is 24.5 Å². The van der Waals surface area contributed by atoms with Gasteiger partial charge in [-0.3, -0.25) is 4.90 Å². The van der Waals surface area contributed by atoms with Gasteiger partial charge in [-0.05, 0) is 38.6 Å². The molecule has 3 nitrogen and oxygen atoms in total. The summed E-state index contributed by atoms with van der Waals surface area (Å²) in [5.74, 6) is 0. The summed E-state index contributed by atoms with van der Waals surface area (Å²) in [6.07, 6.45) is 12.2. The largest absolute Gasteiger partial charge is 0.388 e. The zero-order valence-corrected chi connectivity index (χ0v) is 12.2. The van der Waals surface area contributed by atoms with Crippen molar-refractivity contribution in [3.63, 3.8) is 0 Å². The molecule has 3 aliphatic rings. The second-order valence-electron chi connectivity index (χ2n) is 7.12. The first-order chi connectivity index (χ1) is 9.22. The quantitative estimate of drug-likeness (QED) is 0.806. The summed E-state index contributed by atoms with van der Waals surface area (Å²) < 4.78 is 0. The fraction of sp³-hybridized carbons (Fsp3) is 1.00. The Balaban J connectivity index is 1.86. The molecule has 3 rings (SSSR count). The van der Waals surface area contributed by atoms with Gasteiger partial charge in [0.1, 0.15) is 0 Å². The normalized spacial score (nSPS) is 39.8. The molecule has 1 saturated carbocycles. The molecule has 0 radical (unpaired) electrons. The maximum absolute atomic E-state index is 11.5. The second-order valence-corrected chi connectivity index (χ2v) is 7.12. The molecule has 0 aromatic carbocycles. The van der Waals surface area contributed by atoms with Crippen LogP contribution in [0.2, 0.25) is 0 Å². The van der Waals surface area contributed by atoms with E-state index in [0.29, 0.717) is 12.6 Å². The average Bonchev–Trinajstić information content (AvgIpc) is 2.95. The zero-order chi connectivity index (χ0) is 13.3.